The number of aromatic amines is 1. The quantitative estimate of drug-likeness (QED) is 0.795. The van der Waals surface area contributed by atoms with Gasteiger partial charge in [-0.1, -0.05) is 12.1 Å². The number of hydrogen-bond acceptors (Lipinski definition) is 3. The average molecular weight is 271 g/mol. The van der Waals surface area contributed by atoms with Crippen molar-refractivity contribution in [2.45, 2.75) is 13.0 Å². The van der Waals surface area contributed by atoms with Crippen LogP contribution in [0.25, 0.3) is 0 Å². The highest BCUT2D eigenvalue weighted by Crippen LogP contribution is 2.16. The third-order valence-corrected chi connectivity index (χ3v) is 3.15. The second-order valence-electron chi connectivity index (χ2n) is 4.53. The van der Waals surface area contributed by atoms with E-state index >= 15 is 0 Å². The van der Waals surface area contributed by atoms with E-state index in [9.17, 15) is 9.59 Å². The number of anilines is 1. The van der Waals surface area contributed by atoms with E-state index in [-0.39, 0.29) is 17.5 Å². The molecule has 104 valence electrons. The number of benzene rings is 1. The molecule has 0 aliphatic heterocycles. The Labute approximate surface area is 117 Å². The van der Waals surface area contributed by atoms with Gasteiger partial charge in [-0.3, -0.25) is 9.59 Å². The minimum absolute atomic E-state index is 0.230. The van der Waals surface area contributed by atoms with Crippen molar-refractivity contribution in [2.75, 3.05) is 12.4 Å². The molecule has 3 N–H and O–H groups in total. The second-order valence-corrected chi connectivity index (χ2v) is 4.53. The zero-order chi connectivity index (χ0) is 14.5. The molecule has 0 bridgehead atoms. The predicted molar refractivity (Wildman–Crippen MR) is 78.9 cm³/mol. The first-order chi connectivity index (χ1) is 9.60. The van der Waals surface area contributed by atoms with Crippen LogP contribution >= 0.6 is 0 Å². The van der Waals surface area contributed by atoms with Gasteiger partial charge in [0.25, 0.3) is 5.91 Å². The van der Waals surface area contributed by atoms with E-state index in [1.165, 1.54) is 18.3 Å². The summed E-state index contributed by atoms with van der Waals surface area (Å²) < 4.78 is 0. The number of amides is 1. The number of nitrogens with one attached hydrogen (secondary N) is 3. The van der Waals surface area contributed by atoms with Crippen LogP contribution in [0.15, 0.2) is 47.4 Å². The molecule has 20 heavy (non-hydrogen) atoms. The van der Waals surface area contributed by atoms with Gasteiger partial charge in [-0.25, -0.2) is 0 Å². The predicted octanol–water partition coefficient (Wildman–Crippen LogP) is 1.91. The van der Waals surface area contributed by atoms with Gasteiger partial charge in [0.2, 0.25) is 5.56 Å². The Morgan fingerprint density at radius 2 is 1.85 bits per heavy atom. The van der Waals surface area contributed by atoms with Crippen molar-refractivity contribution in [3.05, 3.63) is 64.1 Å². The molecule has 5 heteroatoms. The van der Waals surface area contributed by atoms with Crippen LogP contribution in [0.5, 0.6) is 0 Å². The molecule has 1 unspecified atom stereocenters. The van der Waals surface area contributed by atoms with Crippen molar-refractivity contribution in [3.63, 3.8) is 0 Å². The Bertz CT molecular complexity index is 626. The third kappa shape index (κ3) is 3.33. The van der Waals surface area contributed by atoms with Gasteiger partial charge in [0, 0.05) is 24.0 Å². The van der Waals surface area contributed by atoms with Crippen molar-refractivity contribution in [2.24, 2.45) is 0 Å². The summed E-state index contributed by atoms with van der Waals surface area (Å²) in [7, 11) is 1.90. The minimum atomic E-state index is -0.254. The largest absolute Gasteiger partial charge is 0.328 e. The minimum Gasteiger partial charge on any atom is -0.328 e. The second kappa shape index (κ2) is 6.16. The number of aromatic nitrogens is 1. The summed E-state index contributed by atoms with van der Waals surface area (Å²) in [4.78, 5) is 25.4. The van der Waals surface area contributed by atoms with Crippen LogP contribution in [0.4, 0.5) is 5.69 Å². The van der Waals surface area contributed by atoms with Gasteiger partial charge in [0.05, 0.1) is 5.56 Å². The van der Waals surface area contributed by atoms with Crippen molar-refractivity contribution >= 4 is 11.6 Å². The van der Waals surface area contributed by atoms with Crippen LogP contribution in [0.1, 0.15) is 28.9 Å². The zero-order valence-electron chi connectivity index (χ0n) is 11.4. The molecule has 0 fully saturated rings. The Hall–Kier alpha value is -2.40. The van der Waals surface area contributed by atoms with E-state index in [0.29, 0.717) is 11.3 Å². The maximum Gasteiger partial charge on any atom is 0.257 e. The number of hydrogen-bond donors (Lipinski definition) is 3. The fraction of sp³-hybridized carbons (Fsp3) is 0.200. The third-order valence-electron chi connectivity index (χ3n) is 3.15. The van der Waals surface area contributed by atoms with Crippen molar-refractivity contribution in [1.29, 1.82) is 0 Å². The maximum atomic E-state index is 12.0. The molecular weight excluding hydrogens is 254 g/mol. The van der Waals surface area contributed by atoms with Crippen molar-refractivity contribution in [1.82, 2.24) is 10.3 Å². The number of pyridine rings is 1. The summed E-state index contributed by atoms with van der Waals surface area (Å²) in [6, 6.07) is 10.7. The molecule has 1 atom stereocenters. The molecule has 2 aromatic rings. The lowest BCUT2D eigenvalue weighted by Gasteiger charge is -2.11. The molecule has 0 aliphatic rings. The zero-order valence-corrected chi connectivity index (χ0v) is 11.4. The summed E-state index contributed by atoms with van der Waals surface area (Å²) in [5, 5.41) is 5.93. The first-order valence-corrected chi connectivity index (χ1v) is 6.37. The van der Waals surface area contributed by atoms with E-state index in [4.69, 9.17) is 0 Å². The van der Waals surface area contributed by atoms with E-state index in [1.54, 1.807) is 0 Å². The topological polar surface area (TPSA) is 74.0 Å². The van der Waals surface area contributed by atoms with E-state index in [2.05, 4.69) is 22.5 Å². The molecule has 0 spiro atoms. The van der Waals surface area contributed by atoms with Crippen LogP contribution in [0, 0.1) is 0 Å². The highest BCUT2D eigenvalue weighted by Gasteiger charge is 2.07. The highest BCUT2D eigenvalue weighted by atomic mass is 16.1. The highest BCUT2D eigenvalue weighted by molar-refractivity contribution is 6.03. The monoisotopic (exact) mass is 271 g/mol. The van der Waals surface area contributed by atoms with Gasteiger partial charge >= 0.3 is 0 Å². The molecule has 5 nitrogen and oxygen atoms in total. The molecule has 1 aromatic carbocycles. The van der Waals surface area contributed by atoms with Gasteiger partial charge in [-0.05, 0) is 37.7 Å². The normalized spacial score (nSPS) is 11.9. The lowest BCUT2D eigenvalue weighted by atomic mass is 10.1. The summed E-state index contributed by atoms with van der Waals surface area (Å²) in [6.45, 7) is 2.06. The molecule has 1 heterocycles. The van der Waals surface area contributed by atoms with Crippen LogP contribution in [-0.4, -0.2) is 17.9 Å². The van der Waals surface area contributed by atoms with Crippen molar-refractivity contribution in [3.8, 4) is 0 Å². The van der Waals surface area contributed by atoms with Gasteiger partial charge in [-0.2, -0.15) is 0 Å². The fourth-order valence-electron chi connectivity index (χ4n) is 1.78. The maximum absolute atomic E-state index is 12.0. The Morgan fingerprint density at radius 3 is 2.40 bits per heavy atom. The molecule has 0 radical (unpaired) electrons. The van der Waals surface area contributed by atoms with Crippen LogP contribution in [0.2, 0.25) is 0 Å². The Morgan fingerprint density at radius 1 is 1.15 bits per heavy atom. The van der Waals surface area contributed by atoms with Gasteiger partial charge in [0.15, 0.2) is 0 Å². The summed E-state index contributed by atoms with van der Waals surface area (Å²) in [5.41, 5.74) is 2.05. The first-order valence-electron chi connectivity index (χ1n) is 6.37. The number of carbonyl (C=O) groups is 1. The van der Waals surface area contributed by atoms with E-state index in [1.807, 2.05) is 31.3 Å². The smallest absolute Gasteiger partial charge is 0.257 e. The van der Waals surface area contributed by atoms with E-state index < -0.39 is 0 Å². The lowest BCUT2D eigenvalue weighted by Crippen LogP contribution is -2.15. The van der Waals surface area contributed by atoms with Gasteiger partial charge in [-0.15, -0.1) is 0 Å². The number of rotatable bonds is 4. The molecule has 0 saturated heterocycles. The first kappa shape index (κ1) is 14.0. The number of H-pyrrole nitrogens is 1. The molecule has 0 saturated carbocycles. The fourth-order valence-corrected chi connectivity index (χ4v) is 1.78. The number of carbonyl (C=O) groups excluding carboxylic acids is 1. The van der Waals surface area contributed by atoms with Crippen LogP contribution < -0.4 is 16.2 Å². The Balaban J connectivity index is 2.08. The SMILES string of the molecule is CNC(C)c1ccc(NC(=O)c2ccc(=O)[nH]c2)cc1. The average Bonchev–Trinajstić information content (AvgIpc) is 2.48. The summed E-state index contributed by atoms with van der Waals surface area (Å²) >= 11 is 0. The van der Waals surface area contributed by atoms with Crippen LogP contribution in [0.3, 0.4) is 0 Å². The standard InChI is InChI=1S/C15H17N3O2/c1-10(16-2)11-3-6-13(7-4-11)18-15(20)12-5-8-14(19)17-9-12/h3-10,16H,1-2H3,(H,17,19)(H,18,20). The van der Waals surface area contributed by atoms with Gasteiger partial charge < -0.3 is 15.6 Å². The molecule has 0 aliphatic carbocycles. The Kier molecular flexibility index (Phi) is 4.32. The molecular formula is C15H17N3O2. The lowest BCUT2D eigenvalue weighted by molar-refractivity contribution is 0.102. The van der Waals surface area contributed by atoms with Crippen LogP contribution in [-0.2, 0) is 0 Å². The molecule has 2 rings (SSSR count). The van der Waals surface area contributed by atoms with Gasteiger partial charge in [0.1, 0.15) is 0 Å². The summed E-state index contributed by atoms with van der Waals surface area (Å²) in [6.07, 6.45) is 1.40. The molecule has 1 aromatic heterocycles. The molecule has 1 amide bonds. The van der Waals surface area contributed by atoms with E-state index in [0.717, 1.165) is 5.56 Å². The summed E-state index contributed by atoms with van der Waals surface area (Å²) in [5.74, 6) is -0.254. The van der Waals surface area contributed by atoms with Crippen molar-refractivity contribution < 1.29 is 4.79 Å².